The largest absolute Gasteiger partial charge is 0.495 e. The molecule has 102 valence electrons. The number of rotatable bonds is 3. The molecule has 0 bridgehead atoms. The van der Waals surface area contributed by atoms with E-state index in [1.165, 1.54) is 11.3 Å². The molecule has 0 fully saturated rings. The third kappa shape index (κ3) is 3.36. The number of hydrogen-bond acceptors (Lipinski definition) is 3. The van der Waals surface area contributed by atoms with Gasteiger partial charge >= 0.3 is 0 Å². The van der Waals surface area contributed by atoms with Crippen LogP contribution in [0.25, 0.3) is 0 Å². The van der Waals surface area contributed by atoms with Gasteiger partial charge in [0.15, 0.2) is 0 Å². The average Bonchev–Trinajstić information content (AvgIpc) is 2.68. The number of aliphatic hydroxyl groups excluding tert-OH is 1. The van der Waals surface area contributed by atoms with Crippen molar-refractivity contribution in [1.82, 2.24) is 0 Å². The number of aliphatic hydroxyl groups is 1. The van der Waals surface area contributed by atoms with E-state index in [4.69, 9.17) is 16.3 Å². The standard InChI is InChI=1S/C12H8Br3ClO2S/c1-18-11-6(2-5(16)3-7(11)13)10(17)9-4-8(14)12(15)19-9/h2-4,10,17H,1H3. The summed E-state index contributed by atoms with van der Waals surface area (Å²) >= 11 is 17.7. The molecular weight excluding hydrogens is 483 g/mol. The molecule has 1 N–H and O–H groups in total. The number of benzene rings is 1. The Labute approximate surface area is 145 Å². The Balaban J connectivity index is 2.51. The first-order valence-electron chi connectivity index (χ1n) is 5.09. The zero-order valence-electron chi connectivity index (χ0n) is 9.58. The molecule has 0 aliphatic heterocycles. The van der Waals surface area contributed by atoms with Gasteiger partial charge in [0.05, 0.1) is 15.4 Å². The molecule has 2 aromatic rings. The lowest BCUT2D eigenvalue weighted by Gasteiger charge is -2.15. The Bertz CT molecular complexity index is 596. The Morgan fingerprint density at radius 2 is 1.89 bits per heavy atom. The van der Waals surface area contributed by atoms with Crippen LogP contribution in [0, 0.1) is 0 Å². The zero-order valence-corrected chi connectivity index (χ0v) is 15.9. The van der Waals surface area contributed by atoms with Crippen LogP contribution in [-0.4, -0.2) is 12.2 Å². The molecule has 0 radical (unpaired) electrons. The van der Waals surface area contributed by atoms with Crippen molar-refractivity contribution in [3.05, 3.63) is 46.4 Å². The summed E-state index contributed by atoms with van der Waals surface area (Å²) in [6.07, 6.45) is -0.794. The SMILES string of the molecule is COc1c(Br)cc(Cl)cc1C(O)c1cc(Br)c(Br)s1. The Hall–Kier alpha value is 0.410. The minimum Gasteiger partial charge on any atom is -0.495 e. The maximum absolute atomic E-state index is 10.5. The predicted molar refractivity (Wildman–Crippen MR) is 89.5 cm³/mol. The van der Waals surface area contributed by atoms with Gasteiger partial charge in [0.1, 0.15) is 11.9 Å². The first-order chi connectivity index (χ1) is 8.93. The van der Waals surface area contributed by atoms with Crippen molar-refractivity contribution in [2.75, 3.05) is 7.11 Å². The van der Waals surface area contributed by atoms with E-state index in [0.29, 0.717) is 20.8 Å². The topological polar surface area (TPSA) is 29.5 Å². The second-order valence-corrected chi connectivity index (χ2v) is 8.23. The van der Waals surface area contributed by atoms with Crippen molar-refractivity contribution >= 4 is 70.7 Å². The Morgan fingerprint density at radius 1 is 1.21 bits per heavy atom. The van der Waals surface area contributed by atoms with Crippen molar-refractivity contribution in [3.8, 4) is 5.75 Å². The second kappa shape index (κ2) is 6.45. The van der Waals surface area contributed by atoms with E-state index in [0.717, 1.165) is 13.1 Å². The molecular formula is C12H8Br3ClO2S. The van der Waals surface area contributed by atoms with E-state index in [2.05, 4.69) is 47.8 Å². The number of ether oxygens (including phenoxy) is 1. The molecule has 1 aromatic heterocycles. The van der Waals surface area contributed by atoms with Crippen LogP contribution >= 0.6 is 70.7 Å². The third-order valence-corrected chi connectivity index (χ3v) is 6.59. The molecule has 0 amide bonds. The fourth-order valence-corrected chi connectivity index (χ4v) is 4.74. The molecule has 0 aliphatic rings. The van der Waals surface area contributed by atoms with E-state index in [1.807, 2.05) is 6.07 Å². The molecule has 1 unspecified atom stereocenters. The minimum atomic E-state index is -0.794. The van der Waals surface area contributed by atoms with Crippen molar-refractivity contribution in [2.24, 2.45) is 0 Å². The smallest absolute Gasteiger partial charge is 0.139 e. The van der Waals surface area contributed by atoms with Crippen LogP contribution < -0.4 is 4.74 Å². The van der Waals surface area contributed by atoms with E-state index >= 15 is 0 Å². The van der Waals surface area contributed by atoms with Gasteiger partial charge in [-0.1, -0.05) is 11.6 Å². The summed E-state index contributed by atoms with van der Waals surface area (Å²) in [4.78, 5) is 0.797. The average molecular weight is 491 g/mol. The van der Waals surface area contributed by atoms with Crippen LogP contribution in [0.4, 0.5) is 0 Å². The molecule has 1 atom stereocenters. The first kappa shape index (κ1) is 15.8. The quantitative estimate of drug-likeness (QED) is 0.590. The summed E-state index contributed by atoms with van der Waals surface area (Å²) in [6, 6.07) is 5.31. The summed E-state index contributed by atoms with van der Waals surface area (Å²) in [7, 11) is 1.56. The summed E-state index contributed by atoms with van der Waals surface area (Å²) in [5.74, 6) is 0.581. The van der Waals surface area contributed by atoms with Gasteiger partial charge in [-0.05, 0) is 66.0 Å². The molecule has 1 heterocycles. The Kier molecular flexibility index (Phi) is 5.36. The monoisotopic (exact) mass is 488 g/mol. The number of halogens is 4. The highest BCUT2D eigenvalue weighted by molar-refractivity contribution is 9.13. The van der Waals surface area contributed by atoms with Gasteiger partial charge in [0, 0.05) is 19.9 Å². The van der Waals surface area contributed by atoms with Crippen LogP contribution in [0.2, 0.25) is 5.02 Å². The molecule has 2 nitrogen and oxygen atoms in total. The first-order valence-corrected chi connectivity index (χ1v) is 8.67. The van der Waals surface area contributed by atoms with E-state index in [9.17, 15) is 5.11 Å². The normalized spacial score (nSPS) is 12.5. The molecule has 2 rings (SSSR count). The second-order valence-electron chi connectivity index (χ2n) is 3.68. The zero-order chi connectivity index (χ0) is 14.2. The summed E-state index contributed by atoms with van der Waals surface area (Å²) < 4.78 is 7.88. The van der Waals surface area contributed by atoms with Gasteiger partial charge in [-0.2, -0.15) is 0 Å². The van der Waals surface area contributed by atoms with Crippen LogP contribution in [0.1, 0.15) is 16.5 Å². The fraction of sp³-hybridized carbons (Fsp3) is 0.167. The van der Waals surface area contributed by atoms with Crippen LogP contribution in [0.5, 0.6) is 5.75 Å². The number of thiophene rings is 1. The van der Waals surface area contributed by atoms with E-state index < -0.39 is 6.10 Å². The van der Waals surface area contributed by atoms with Gasteiger partial charge < -0.3 is 9.84 Å². The third-order valence-electron chi connectivity index (χ3n) is 2.47. The van der Waals surface area contributed by atoms with E-state index in [-0.39, 0.29) is 0 Å². The summed E-state index contributed by atoms with van der Waals surface area (Å²) in [5.41, 5.74) is 0.628. The number of hydrogen-bond donors (Lipinski definition) is 1. The summed E-state index contributed by atoms with van der Waals surface area (Å²) in [5, 5.41) is 11.0. The van der Waals surface area contributed by atoms with Crippen LogP contribution in [0.15, 0.2) is 30.9 Å². The molecule has 19 heavy (non-hydrogen) atoms. The van der Waals surface area contributed by atoms with Gasteiger partial charge in [0.2, 0.25) is 0 Å². The Morgan fingerprint density at radius 3 is 2.42 bits per heavy atom. The van der Waals surface area contributed by atoms with Gasteiger partial charge in [-0.3, -0.25) is 0 Å². The minimum absolute atomic E-state index is 0.538. The maximum atomic E-state index is 10.5. The van der Waals surface area contributed by atoms with Crippen molar-refractivity contribution < 1.29 is 9.84 Å². The molecule has 7 heteroatoms. The molecule has 0 saturated heterocycles. The molecule has 0 aliphatic carbocycles. The van der Waals surface area contributed by atoms with Crippen LogP contribution in [-0.2, 0) is 0 Å². The van der Waals surface area contributed by atoms with Gasteiger partial charge in [0.25, 0.3) is 0 Å². The number of methoxy groups -OCH3 is 1. The van der Waals surface area contributed by atoms with Crippen molar-refractivity contribution in [1.29, 1.82) is 0 Å². The lowest BCUT2D eigenvalue weighted by Crippen LogP contribution is -2.01. The van der Waals surface area contributed by atoms with Crippen molar-refractivity contribution in [3.63, 3.8) is 0 Å². The summed E-state index contributed by atoms with van der Waals surface area (Å²) in [6.45, 7) is 0. The maximum Gasteiger partial charge on any atom is 0.139 e. The lowest BCUT2D eigenvalue weighted by atomic mass is 10.1. The predicted octanol–water partition coefficient (Wildman–Crippen LogP) is 5.78. The van der Waals surface area contributed by atoms with E-state index in [1.54, 1.807) is 19.2 Å². The van der Waals surface area contributed by atoms with Gasteiger partial charge in [-0.25, -0.2) is 0 Å². The fourth-order valence-electron chi connectivity index (χ4n) is 1.65. The highest BCUT2D eigenvalue weighted by atomic mass is 79.9. The lowest BCUT2D eigenvalue weighted by molar-refractivity contribution is 0.218. The molecule has 1 aromatic carbocycles. The van der Waals surface area contributed by atoms with Gasteiger partial charge in [-0.15, -0.1) is 11.3 Å². The molecule has 0 spiro atoms. The molecule has 0 saturated carbocycles. The van der Waals surface area contributed by atoms with Crippen molar-refractivity contribution in [2.45, 2.75) is 6.10 Å². The highest BCUT2D eigenvalue weighted by Crippen LogP contribution is 2.42. The highest BCUT2D eigenvalue weighted by Gasteiger charge is 2.21. The van der Waals surface area contributed by atoms with Crippen LogP contribution in [0.3, 0.4) is 0 Å².